The molecule has 0 aromatic carbocycles. The predicted octanol–water partition coefficient (Wildman–Crippen LogP) is 1.28. The summed E-state index contributed by atoms with van der Waals surface area (Å²) in [6.07, 6.45) is 4.92. The molecule has 0 aliphatic carbocycles. The maximum atomic E-state index is 12.3. The fraction of sp³-hybridized carbons (Fsp3) is 1.00. The molecule has 2 unspecified atom stereocenters. The Bertz CT molecular complexity index is 383. The first-order chi connectivity index (χ1) is 9.47. The Kier molecular flexibility index (Phi) is 5.84. The van der Waals surface area contributed by atoms with Gasteiger partial charge in [-0.1, -0.05) is 20.3 Å². The van der Waals surface area contributed by atoms with E-state index in [1.54, 1.807) is 4.31 Å². The van der Waals surface area contributed by atoms with Crippen LogP contribution in [0.15, 0.2) is 0 Å². The monoisotopic (exact) mass is 303 g/mol. The van der Waals surface area contributed by atoms with E-state index in [0.29, 0.717) is 31.5 Å². The van der Waals surface area contributed by atoms with Crippen LogP contribution in [-0.2, 0) is 10.2 Å². The van der Waals surface area contributed by atoms with E-state index in [1.165, 1.54) is 19.3 Å². The third-order valence-corrected chi connectivity index (χ3v) is 5.88. The number of nitrogens with one attached hydrogen (secondary N) is 1. The Morgan fingerprint density at radius 2 is 1.65 bits per heavy atom. The summed E-state index contributed by atoms with van der Waals surface area (Å²) < 4.78 is 29.0. The quantitative estimate of drug-likeness (QED) is 0.832. The van der Waals surface area contributed by atoms with Gasteiger partial charge >= 0.3 is 0 Å². The first-order valence-corrected chi connectivity index (χ1v) is 9.38. The maximum Gasteiger partial charge on any atom is 0.279 e. The predicted molar refractivity (Wildman–Crippen MR) is 81.7 cm³/mol. The summed E-state index contributed by atoms with van der Waals surface area (Å²) in [5.74, 6) is 0.912. The summed E-state index contributed by atoms with van der Waals surface area (Å²) >= 11 is 0. The molecule has 0 radical (unpaired) electrons. The molecular formula is C14H29N3O2S. The molecule has 20 heavy (non-hydrogen) atoms. The zero-order valence-electron chi connectivity index (χ0n) is 12.8. The molecule has 2 fully saturated rings. The van der Waals surface area contributed by atoms with Gasteiger partial charge in [-0.2, -0.15) is 12.7 Å². The molecule has 0 aromatic heterocycles. The molecule has 5 nitrogen and oxygen atoms in total. The molecule has 0 bridgehead atoms. The fourth-order valence-corrected chi connectivity index (χ4v) is 4.84. The molecule has 0 spiro atoms. The minimum absolute atomic E-state index is 0.456. The number of piperidine rings is 2. The largest absolute Gasteiger partial charge is 0.302 e. The molecule has 118 valence electrons. The number of likely N-dealkylation sites (tertiary alicyclic amines) is 1. The van der Waals surface area contributed by atoms with E-state index < -0.39 is 10.2 Å². The van der Waals surface area contributed by atoms with Gasteiger partial charge in [0, 0.05) is 26.2 Å². The molecular weight excluding hydrogens is 274 g/mol. The van der Waals surface area contributed by atoms with Crippen molar-refractivity contribution in [2.45, 2.75) is 39.5 Å². The number of hydrogen-bond donors (Lipinski definition) is 1. The highest BCUT2D eigenvalue weighted by molar-refractivity contribution is 7.87. The highest BCUT2D eigenvalue weighted by atomic mass is 32.2. The zero-order chi connectivity index (χ0) is 14.6. The lowest BCUT2D eigenvalue weighted by Crippen LogP contribution is -2.49. The molecule has 2 aliphatic heterocycles. The molecule has 0 amide bonds. The normalized spacial score (nSPS) is 30.5. The van der Waals surface area contributed by atoms with Crippen molar-refractivity contribution in [3.8, 4) is 0 Å². The van der Waals surface area contributed by atoms with Crippen LogP contribution in [0, 0.1) is 11.8 Å². The van der Waals surface area contributed by atoms with Gasteiger partial charge in [-0.25, -0.2) is 4.72 Å². The Morgan fingerprint density at radius 1 is 1.05 bits per heavy atom. The minimum atomic E-state index is -3.29. The zero-order valence-corrected chi connectivity index (χ0v) is 13.7. The van der Waals surface area contributed by atoms with Crippen LogP contribution >= 0.6 is 0 Å². The van der Waals surface area contributed by atoms with Gasteiger partial charge in [0.25, 0.3) is 10.2 Å². The van der Waals surface area contributed by atoms with Gasteiger partial charge in [0.15, 0.2) is 0 Å². The number of rotatable bonds is 5. The van der Waals surface area contributed by atoms with E-state index in [1.807, 2.05) is 0 Å². The van der Waals surface area contributed by atoms with Gasteiger partial charge in [0.05, 0.1) is 0 Å². The van der Waals surface area contributed by atoms with Gasteiger partial charge in [0.2, 0.25) is 0 Å². The number of hydrogen-bond acceptors (Lipinski definition) is 3. The van der Waals surface area contributed by atoms with Gasteiger partial charge < -0.3 is 4.90 Å². The van der Waals surface area contributed by atoms with Crippen LogP contribution in [0.25, 0.3) is 0 Å². The molecule has 6 heteroatoms. The molecule has 0 aromatic rings. The second-order valence-corrected chi connectivity index (χ2v) is 8.32. The van der Waals surface area contributed by atoms with E-state index in [2.05, 4.69) is 23.5 Å². The summed E-state index contributed by atoms with van der Waals surface area (Å²) in [6, 6.07) is 0. The SMILES string of the molecule is CC1CC(C)CN(S(=O)(=O)NCCN2CCCCC2)C1. The topological polar surface area (TPSA) is 52.7 Å². The van der Waals surface area contributed by atoms with Gasteiger partial charge in [-0.15, -0.1) is 0 Å². The summed E-state index contributed by atoms with van der Waals surface area (Å²) in [7, 11) is -3.29. The summed E-state index contributed by atoms with van der Waals surface area (Å²) in [5.41, 5.74) is 0. The molecule has 2 aliphatic rings. The third kappa shape index (κ3) is 4.69. The van der Waals surface area contributed by atoms with Crippen molar-refractivity contribution in [2.24, 2.45) is 11.8 Å². The Morgan fingerprint density at radius 3 is 2.25 bits per heavy atom. The Balaban J connectivity index is 1.78. The van der Waals surface area contributed by atoms with Crippen LogP contribution in [0.5, 0.6) is 0 Å². The summed E-state index contributed by atoms with van der Waals surface area (Å²) in [6.45, 7) is 9.16. The smallest absolute Gasteiger partial charge is 0.279 e. The molecule has 2 heterocycles. The van der Waals surface area contributed by atoms with E-state index in [-0.39, 0.29) is 0 Å². The Labute approximate surface area is 123 Å². The van der Waals surface area contributed by atoms with Crippen molar-refractivity contribution in [3.05, 3.63) is 0 Å². The van der Waals surface area contributed by atoms with Crippen molar-refractivity contribution in [2.75, 3.05) is 39.3 Å². The first kappa shape index (κ1) is 16.2. The second-order valence-electron chi connectivity index (χ2n) is 6.56. The van der Waals surface area contributed by atoms with Crippen LogP contribution in [0.1, 0.15) is 39.5 Å². The van der Waals surface area contributed by atoms with Crippen LogP contribution in [0.3, 0.4) is 0 Å². The van der Waals surface area contributed by atoms with E-state index in [9.17, 15) is 8.42 Å². The van der Waals surface area contributed by atoms with Gasteiger partial charge in [-0.05, 0) is 44.2 Å². The summed E-state index contributed by atoms with van der Waals surface area (Å²) in [5, 5.41) is 0. The first-order valence-electron chi connectivity index (χ1n) is 7.94. The number of nitrogens with zero attached hydrogens (tertiary/aromatic N) is 2. The molecule has 2 rings (SSSR count). The highest BCUT2D eigenvalue weighted by Crippen LogP contribution is 2.22. The third-order valence-electron chi connectivity index (χ3n) is 4.34. The van der Waals surface area contributed by atoms with Crippen molar-refractivity contribution in [1.29, 1.82) is 0 Å². The van der Waals surface area contributed by atoms with E-state index in [0.717, 1.165) is 26.1 Å². The maximum absolute atomic E-state index is 12.3. The Hall–Kier alpha value is -0.170. The van der Waals surface area contributed by atoms with Crippen molar-refractivity contribution in [1.82, 2.24) is 13.9 Å². The summed E-state index contributed by atoms with van der Waals surface area (Å²) in [4.78, 5) is 2.35. The van der Waals surface area contributed by atoms with E-state index in [4.69, 9.17) is 0 Å². The van der Waals surface area contributed by atoms with Crippen LogP contribution in [-0.4, -0.2) is 56.9 Å². The van der Waals surface area contributed by atoms with Gasteiger partial charge in [-0.3, -0.25) is 0 Å². The van der Waals surface area contributed by atoms with Crippen molar-refractivity contribution in [3.63, 3.8) is 0 Å². The lowest BCUT2D eigenvalue weighted by molar-refractivity contribution is 0.216. The minimum Gasteiger partial charge on any atom is -0.302 e. The van der Waals surface area contributed by atoms with Crippen LogP contribution in [0.4, 0.5) is 0 Å². The van der Waals surface area contributed by atoms with Crippen LogP contribution in [0.2, 0.25) is 0 Å². The van der Waals surface area contributed by atoms with Crippen LogP contribution < -0.4 is 4.72 Å². The van der Waals surface area contributed by atoms with Crippen molar-refractivity contribution < 1.29 is 8.42 Å². The molecule has 2 saturated heterocycles. The van der Waals surface area contributed by atoms with E-state index >= 15 is 0 Å². The molecule has 1 N–H and O–H groups in total. The van der Waals surface area contributed by atoms with Gasteiger partial charge in [0.1, 0.15) is 0 Å². The average molecular weight is 303 g/mol. The molecule has 0 saturated carbocycles. The highest BCUT2D eigenvalue weighted by Gasteiger charge is 2.30. The lowest BCUT2D eigenvalue weighted by Gasteiger charge is -2.34. The second kappa shape index (κ2) is 7.20. The lowest BCUT2D eigenvalue weighted by atomic mass is 9.94. The van der Waals surface area contributed by atoms with Crippen molar-refractivity contribution >= 4 is 10.2 Å². The average Bonchev–Trinajstić information content (AvgIpc) is 2.38. The standard InChI is InChI=1S/C14H29N3O2S/c1-13-10-14(2)12-17(11-13)20(18,19)15-6-9-16-7-4-3-5-8-16/h13-15H,3-12H2,1-2H3. The fourth-order valence-electron chi connectivity index (χ4n) is 3.41. The molecule has 2 atom stereocenters.